The summed E-state index contributed by atoms with van der Waals surface area (Å²) in [6, 6.07) is 19.7. The second-order valence-corrected chi connectivity index (χ2v) is 4.90. The quantitative estimate of drug-likeness (QED) is 0.784. The molecule has 110 valence electrons. The molecule has 2 rings (SSSR count). The van der Waals surface area contributed by atoms with E-state index in [1.54, 1.807) is 0 Å². The summed E-state index contributed by atoms with van der Waals surface area (Å²) in [5.41, 5.74) is 2.04. The molecule has 1 amide bonds. The van der Waals surface area contributed by atoms with Crippen molar-refractivity contribution < 1.29 is 9.53 Å². The lowest BCUT2D eigenvalue weighted by Crippen LogP contribution is -2.30. The highest BCUT2D eigenvalue weighted by Gasteiger charge is 2.14. The van der Waals surface area contributed by atoms with E-state index in [4.69, 9.17) is 4.74 Å². The molecule has 1 N–H and O–H groups in total. The van der Waals surface area contributed by atoms with Crippen LogP contribution in [0, 0.1) is 0 Å². The van der Waals surface area contributed by atoms with Crippen LogP contribution >= 0.6 is 0 Å². The molecule has 21 heavy (non-hydrogen) atoms. The van der Waals surface area contributed by atoms with Crippen LogP contribution in [-0.2, 0) is 16.1 Å². The van der Waals surface area contributed by atoms with Gasteiger partial charge in [-0.2, -0.15) is 0 Å². The highest BCUT2D eigenvalue weighted by molar-refractivity contribution is 5.76. The van der Waals surface area contributed by atoms with Gasteiger partial charge in [0.05, 0.1) is 6.61 Å². The first-order valence-corrected chi connectivity index (χ1v) is 7.29. The van der Waals surface area contributed by atoms with Crippen LogP contribution in [0.4, 0.5) is 0 Å². The normalized spacial score (nSPS) is 11.9. The molecule has 0 aliphatic rings. The van der Waals surface area contributed by atoms with Crippen molar-refractivity contribution in [2.45, 2.75) is 32.6 Å². The van der Waals surface area contributed by atoms with Crippen molar-refractivity contribution in [2.75, 3.05) is 0 Å². The van der Waals surface area contributed by atoms with Gasteiger partial charge in [0.25, 0.3) is 0 Å². The van der Waals surface area contributed by atoms with E-state index in [-0.39, 0.29) is 5.91 Å². The van der Waals surface area contributed by atoms with Crippen LogP contribution in [0.25, 0.3) is 0 Å². The van der Waals surface area contributed by atoms with Crippen molar-refractivity contribution in [2.24, 2.45) is 0 Å². The Kier molecular flexibility index (Phi) is 5.98. The molecular weight excluding hydrogens is 262 g/mol. The lowest BCUT2D eigenvalue weighted by atomic mass is 10.2. The van der Waals surface area contributed by atoms with Gasteiger partial charge in [-0.05, 0) is 12.0 Å². The molecule has 2 aromatic rings. The first-order chi connectivity index (χ1) is 10.3. The highest BCUT2D eigenvalue weighted by Crippen LogP contribution is 2.16. The Morgan fingerprint density at radius 3 is 2.29 bits per heavy atom. The summed E-state index contributed by atoms with van der Waals surface area (Å²) in [6.07, 6.45) is 0.926. The minimum atomic E-state index is -0.412. The maximum Gasteiger partial charge on any atom is 0.222 e. The number of carbonyl (C=O) groups is 1. The average Bonchev–Trinajstić information content (AvgIpc) is 2.53. The van der Waals surface area contributed by atoms with Gasteiger partial charge in [-0.15, -0.1) is 0 Å². The first-order valence-electron chi connectivity index (χ1n) is 7.29. The number of hydrogen-bond acceptors (Lipinski definition) is 2. The Balaban J connectivity index is 2.03. The minimum absolute atomic E-state index is 0.0133. The van der Waals surface area contributed by atoms with Crippen LogP contribution in [-0.4, -0.2) is 5.91 Å². The zero-order valence-electron chi connectivity index (χ0n) is 12.3. The van der Waals surface area contributed by atoms with Crippen LogP contribution in [0.1, 0.15) is 37.1 Å². The molecule has 0 saturated heterocycles. The fourth-order valence-corrected chi connectivity index (χ4v) is 2.05. The summed E-state index contributed by atoms with van der Waals surface area (Å²) in [7, 11) is 0. The van der Waals surface area contributed by atoms with E-state index >= 15 is 0 Å². The van der Waals surface area contributed by atoms with E-state index in [1.807, 2.05) is 67.6 Å². The van der Waals surface area contributed by atoms with Crippen molar-refractivity contribution in [1.29, 1.82) is 0 Å². The van der Waals surface area contributed by atoms with Crippen LogP contribution in [0.3, 0.4) is 0 Å². The fraction of sp³-hybridized carbons (Fsp3) is 0.278. The van der Waals surface area contributed by atoms with E-state index in [9.17, 15) is 4.79 Å². The highest BCUT2D eigenvalue weighted by atomic mass is 16.5. The van der Waals surface area contributed by atoms with E-state index in [0.29, 0.717) is 13.0 Å². The maximum absolute atomic E-state index is 11.8. The third-order valence-electron chi connectivity index (χ3n) is 3.13. The van der Waals surface area contributed by atoms with Crippen LogP contribution < -0.4 is 5.32 Å². The molecule has 0 saturated carbocycles. The number of ether oxygens (including phenoxy) is 1. The number of nitrogens with one attached hydrogen (secondary N) is 1. The number of benzene rings is 2. The molecule has 0 bridgehead atoms. The molecule has 0 aromatic heterocycles. The maximum atomic E-state index is 11.8. The Bertz CT molecular complexity index is 540. The molecule has 0 aliphatic carbocycles. The van der Waals surface area contributed by atoms with Crippen LogP contribution in [0.15, 0.2) is 60.7 Å². The van der Waals surface area contributed by atoms with Gasteiger partial charge in [0.15, 0.2) is 6.23 Å². The predicted molar refractivity (Wildman–Crippen MR) is 83.5 cm³/mol. The van der Waals surface area contributed by atoms with Crippen molar-refractivity contribution in [1.82, 2.24) is 5.32 Å². The van der Waals surface area contributed by atoms with Crippen LogP contribution in [0.2, 0.25) is 0 Å². The second kappa shape index (κ2) is 8.22. The Morgan fingerprint density at radius 1 is 1.05 bits per heavy atom. The van der Waals surface area contributed by atoms with Gasteiger partial charge in [0.2, 0.25) is 5.91 Å². The van der Waals surface area contributed by atoms with Gasteiger partial charge in [-0.25, -0.2) is 0 Å². The summed E-state index contributed by atoms with van der Waals surface area (Å²) in [6.45, 7) is 2.45. The average molecular weight is 283 g/mol. The fourth-order valence-electron chi connectivity index (χ4n) is 2.05. The molecule has 1 unspecified atom stereocenters. The van der Waals surface area contributed by atoms with Gasteiger partial charge in [-0.3, -0.25) is 4.79 Å². The molecule has 3 nitrogen and oxygen atoms in total. The van der Waals surface area contributed by atoms with Gasteiger partial charge in [-0.1, -0.05) is 67.6 Å². The first kappa shape index (κ1) is 15.3. The molecule has 0 fully saturated rings. The number of amides is 1. The van der Waals surface area contributed by atoms with Gasteiger partial charge >= 0.3 is 0 Å². The van der Waals surface area contributed by atoms with Crippen molar-refractivity contribution in [3.05, 3.63) is 71.8 Å². The van der Waals surface area contributed by atoms with Crippen molar-refractivity contribution in [3.8, 4) is 0 Å². The summed E-state index contributed by atoms with van der Waals surface area (Å²) < 4.78 is 5.90. The number of rotatable bonds is 7. The lowest BCUT2D eigenvalue weighted by molar-refractivity contribution is -0.126. The van der Waals surface area contributed by atoms with Gasteiger partial charge < -0.3 is 10.1 Å². The van der Waals surface area contributed by atoms with Gasteiger partial charge in [0, 0.05) is 12.0 Å². The monoisotopic (exact) mass is 283 g/mol. The molecule has 0 aliphatic heterocycles. The van der Waals surface area contributed by atoms with Crippen LogP contribution in [0.5, 0.6) is 0 Å². The molecular formula is C18H21NO2. The van der Waals surface area contributed by atoms with Crippen molar-refractivity contribution in [3.63, 3.8) is 0 Å². The van der Waals surface area contributed by atoms with E-state index in [0.717, 1.165) is 17.5 Å². The van der Waals surface area contributed by atoms with E-state index in [2.05, 4.69) is 5.32 Å². The number of carbonyl (C=O) groups excluding carboxylic acids is 1. The minimum Gasteiger partial charge on any atom is -0.349 e. The molecule has 1 atom stereocenters. The van der Waals surface area contributed by atoms with Crippen molar-refractivity contribution >= 4 is 5.91 Å². The SMILES string of the molecule is CCCC(=O)NC(OCc1ccccc1)c1ccccc1. The summed E-state index contributed by atoms with van der Waals surface area (Å²) in [4.78, 5) is 11.8. The smallest absolute Gasteiger partial charge is 0.222 e. The standard InChI is InChI=1S/C18H21NO2/c1-2-9-17(20)19-18(16-12-7-4-8-13-16)21-14-15-10-5-3-6-11-15/h3-8,10-13,18H,2,9,14H2,1H3,(H,19,20). The zero-order valence-corrected chi connectivity index (χ0v) is 12.3. The number of hydrogen-bond donors (Lipinski definition) is 1. The summed E-state index contributed by atoms with van der Waals surface area (Å²) in [5, 5.41) is 2.94. The molecule has 3 heteroatoms. The second-order valence-electron chi connectivity index (χ2n) is 4.90. The lowest BCUT2D eigenvalue weighted by Gasteiger charge is -2.20. The molecule has 0 heterocycles. The van der Waals surface area contributed by atoms with Gasteiger partial charge in [0.1, 0.15) is 0 Å². The van der Waals surface area contributed by atoms with E-state index < -0.39 is 6.23 Å². The Hall–Kier alpha value is -2.13. The third kappa shape index (κ3) is 5.04. The Labute approximate surface area is 126 Å². The molecule has 0 radical (unpaired) electrons. The molecule has 2 aromatic carbocycles. The molecule has 0 spiro atoms. The summed E-state index contributed by atoms with van der Waals surface area (Å²) >= 11 is 0. The largest absolute Gasteiger partial charge is 0.349 e. The summed E-state index contributed by atoms with van der Waals surface area (Å²) in [5.74, 6) is 0.0133. The zero-order chi connectivity index (χ0) is 14.9. The predicted octanol–water partition coefficient (Wildman–Crippen LogP) is 3.82. The third-order valence-corrected chi connectivity index (χ3v) is 3.13. The topological polar surface area (TPSA) is 38.3 Å². The van der Waals surface area contributed by atoms with E-state index in [1.165, 1.54) is 0 Å². The Morgan fingerprint density at radius 2 is 1.67 bits per heavy atom.